The number of rotatable bonds is 13. The summed E-state index contributed by atoms with van der Waals surface area (Å²) in [6.07, 6.45) is 9.68. The molecule has 2 aromatic carbocycles. The Labute approximate surface area is 314 Å². The van der Waals surface area contributed by atoms with Crippen molar-refractivity contribution >= 4 is 19.2 Å². The molecule has 4 aliphatic rings. The molecule has 2 spiro atoms. The van der Waals surface area contributed by atoms with Crippen molar-refractivity contribution < 1.29 is 23.7 Å². The molecule has 7 rings (SSSR count). The zero-order valence-corrected chi connectivity index (χ0v) is 34.4. The molecule has 2 saturated heterocycles. The average molecular weight is 728 g/mol. The van der Waals surface area contributed by atoms with Crippen LogP contribution in [0, 0.1) is 11.3 Å². The Morgan fingerprint density at radius 1 is 1.00 bits per heavy atom. The Morgan fingerprint density at radius 2 is 1.73 bits per heavy atom. The zero-order valence-electron chi connectivity index (χ0n) is 33.4. The van der Waals surface area contributed by atoms with Gasteiger partial charge in [0.2, 0.25) is 0 Å². The summed E-state index contributed by atoms with van der Waals surface area (Å²) in [7, 11) is -2.02. The van der Waals surface area contributed by atoms with Crippen LogP contribution in [0.1, 0.15) is 111 Å². The number of hydrogen-bond donors (Lipinski definition) is 2. The minimum atomic E-state index is -2.02. The fourth-order valence-corrected chi connectivity index (χ4v) is 14.3. The predicted molar refractivity (Wildman–Crippen MR) is 213 cm³/mol. The van der Waals surface area contributed by atoms with Crippen molar-refractivity contribution in [2.24, 2.45) is 11.3 Å². The summed E-state index contributed by atoms with van der Waals surface area (Å²) in [6.45, 7) is 21.3. The lowest BCUT2D eigenvalue weighted by Gasteiger charge is -2.62. The van der Waals surface area contributed by atoms with E-state index >= 15 is 0 Å². The fraction of sp³-hybridized carbons (Fsp3) is 0.644. The molecule has 0 bridgehead atoms. The lowest BCUT2D eigenvalue weighted by molar-refractivity contribution is -0.233. The molecule has 3 aromatic rings. The molecule has 52 heavy (non-hydrogen) atoms. The highest BCUT2D eigenvalue weighted by molar-refractivity contribution is 6.73. The van der Waals surface area contributed by atoms with E-state index in [4.69, 9.17) is 18.6 Å². The van der Waals surface area contributed by atoms with Crippen LogP contribution in [0.5, 0.6) is 0 Å². The largest absolute Gasteiger partial charge is 0.411 e. The monoisotopic (exact) mass is 727 g/mol. The normalized spacial score (nSPS) is 34.3. The van der Waals surface area contributed by atoms with Crippen LogP contribution in [0.25, 0.3) is 10.9 Å². The summed E-state index contributed by atoms with van der Waals surface area (Å²) in [5, 5.41) is 12.5. The number of hydrogen-bond acceptors (Lipinski definition) is 5. The lowest BCUT2D eigenvalue weighted by atomic mass is 9.41. The third-order valence-electron chi connectivity index (χ3n) is 15.1. The Bertz CT molecular complexity index is 1750. The third-order valence-corrected chi connectivity index (χ3v) is 19.7. The number of aromatic amines is 1. The maximum Gasteiger partial charge on any atom is 0.192 e. The highest BCUT2D eigenvalue weighted by atomic mass is 28.4. The van der Waals surface area contributed by atoms with Gasteiger partial charge in [0.25, 0.3) is 0 Å². The molecule has 3 heterocycles. The van der Waals surface area contributed by atoms with Crippen LogP contribution in [0.3, 0.4) is 0 Å². The van der Waals surface area contributed by atoms with E-state index in [0.717, 1.165) is 56.7 Å². The Kier molecular flexibility index (Phi) is 10.1. The molecule has 284 valence electrons. The van der Waals surface area contributed by atoms with E-state index in [-0.39, 0.29) is 47.3 Å². The number of fused-ring (bicyclic) bond motifs is 1. The van der Waals surface area contributed by atoms with Crippen LogP contribution in [0.2, 0.25) is 18.1 Å². The highest BCUT2D eigenvalue weighted by Crippen LogP contribution is 2.78. The first-order valence-corrected chi connectivity index (χ1v) is 22.9. The SMILES string of the molecule is CC[Si](CC)(CC)O[C@@H]1C[C@]23O[C@]24CC[C@@H](CO)[C@](C)(c2c[nH]c5cccc(CC=C(C)C)c25)[C@@]4(C)CC[C@@H]3O[C@@H]1C(C)(C)OCc1ccccc1. The molecule has 2 aliphatic heterocycles. The average Bonchev–Trinajstić information content (AvgIpc) is 3.59. The van der Waals surface area contributed by atoms with E-state index in [0.29, 0.717) is 6.61 Å². The van der Waals surface area contributed by atoms with Crippen molar-refractivity contribution in [2.75, 3.05) is 6.61 Å². The molecule has 2 N–H and O–H groups in total. The Hall–Kier alpha value is -2.26. The molecule has 0 unspecified atom stereocenters. The van der Waals surface area contributed by atoms with E-state index < -0.39 is 19.5 Å². The summed E-state index contributed by atoms with van der Waals surface area (Å²) in [4.78, 5) is 3.68. The second kappa shape index (κ2) is 13.8. The number of epoxide rings is 1. The summed E-state index contributed by atoms with van der Waals surface area (Å²) in [6, 6.07) is 20.4. The number of aromatic nitrogens is 1. The van der Waals surface area contributed by atoms with Gasteiger partial charge in [-0.1, -0.05) is 88.7 Å². The van der Waals surface area contributed by atoms with Crippen LogP contribution in [-0.2, 0) is 37.1 Å². The lowest BCUT2D eigenvalue weighted by Crippen LogP contribution is -2.69. The van der Waals surface area contributed by atoms with E-state index in [2.05, 4.69) is 128 Å². The molecule has 1 aromatic heterocycles. The molecule has 8 atom stereocenters. The number of aliphatic hydroxyl groups excluding tert-OH is 1. The van der Waals surface area contributed by atoms with Gasteiger partial charge in [0.05, 0.1) is 24.4 Å². The van der Waals surface area contributed by atoms with Gasteiger partial charge in [-0.15, -0.1) is 0 Å². The first kappa shape index (κ1) is 38.0. The summed E-state index contributed by atoms with van der Waals surface area (Å²) in [5.41, 5.74) is 4.43. The molecule has 2 saturated carbocycles. The predicted octanol–water partition coefficient (Wildman–Crippen LogP) is 10.2. The Balaban J connectivity index is 1.29. The van der Waals surface area contributed by atoms with Gasteiger partial charge in [-0.25, -0.2) is 0 Å². The van der Waals surface area contributed by atoms with Gasteiger partial charge in [0.15, 0.2) is 8.32 Å². The number of benzene rings is 2. The van der Waals surface area contributed by atoms with Gasteiger partial charge in [0.1, 0.15) is 17.3 Å². The van der Waals surface area contributed by atoms with Gasteiger partial charge < -0.3 is 28.7 Å². The van der Waals surface area contributed by atoms with E-state index in [9.17, 15) is 5.11 Å². The molecule has 0 amide bonds. The van der Waals surface area contributed by atoms with Crippen molar-refractivity contribution in [3.63, 3.8) is 0 Å². The number of aliphatic hydroxyl groups is 1. The fourth-order valence-electron chi connectivity index (χ4n) is 11.5. The number of ether oxygens (including phenoxy) is 3. The van der Waals surface area contributed by atoms with Gasteiger partial charge in [-0.2, -0.15) is 0 Å². The van der Waals surface area contributed by atoms with Crippen molar-refractivity contribution in [3.8, 4) is 0 Å². The second-order valence-corrected chi connectivity index (χ2v) is 22.6. The second-order valence-electron chi connectivity index (χ2n) is 17.9. The van der Waals surface area contributed by atoms with E-state index in [1.54, 1.807) is 0 Å². The quantitative estimate of drug-likeness (QED) is 0.104. The minimum Gasteiger partial charge on any atom is -0.411 e. The zero-order chi connectivity index (χ0) is 37.2. The summed E-state index contributed by atoms with van der Waals surface area (Å²) >= 11 is 0. The molecule has 7 heteroatoms. The molecule has 0 radical (unpaired) electrons. The van der Waals surface area contributed by atoms with Crippen molar-refractivity contribution in [1.82, 2.24) is 4.98 Å². The smallest absolute Gasteiger partial charge is 0.192 e. The van der Waals surface area contributed by atoms with Crippen molar-refractivity contribution in [3.05, 3.63) is 83.1 Å². The topological polar surface area (TPSA) is 76.2 Å². The van der Waals surface area contributed by atoms with Crippen LogP contribution < -0.4 is 0 Å². The first-order valence-electron chi connectivity index (χ1n) is 20.3. The van der Waals surface area contributed by atoms with Crippen LogP contribution in [0.4, 0.5) is 0 Å². The van der Waals surface area contributed by atoms with E-state index in [1.165, 1.54) is 33.2 Å². The minimum absolute atomic E-state index is 0.0305. The maximum absolute atomic E-state index is 11.2. The van der Waals surface area contributed by atoms with Crippen LogP contribution >= 0.6 is 0 Å². The summed E-state index contributed by atoms with van der Waals surface area (Å²) < 4.78 is 29.2. The third kappa shape index (κ3) is 5.66. The van der Waals surface area contributed by atoms with Gasteiger partial charge in [-0.05, 0) is 107 Å². The number of H-pyrrole nitrogens is 1. The van der Waals surface area contributed by atoms with Crippen LogP contribution in [-0.4, -0.2) is 60.1 Å². The molecule has 2 aliphatic carbocycles. The maximum atomic E-state index is 11.2. The highest BCUT2D eigenvalue weighted by Gasteiger charge is 2.87. The molecular weight excluding hydrogens is 663 g/mol. The van der Waals surface area contributed by atoms with Crippen LogP contribution in [0.15, 0.2) is 66.4 Å². The standard InChI is InChI=1S/C45H65NO5Si/c1-10-52(11-2,12-3)50-37-27-44-38(49-40(37)41(6,7)48-30-32-17-14-13-15-18-32)24-25-42(8)43(9,34(29-47)23-26-45(42,44)51-44)35-28-46-36-20-16-19-33(39(35)36)22-21-31(4)5/h13-21,28,34,37-38,40,46-47H,10-12,22-27,29-30H2,1-9H3/t34-,37+,38-,40-,42+,43+,44+,45-/m0/s1. The van der Waals surface area contributed by atoms with E-state index in [1.807, 2.05) is 0 Å². The molecule has 6 nitrogen and oxygen atoms in total. The van der Waals surface area contributed by atoms with Gasteiger partial charge in [-0.3, -0.25) is 0 Å². The Morgan fingerprint density at radius 3 is 2.40 bits per heavy atom. The molecular formula is C45H65NO5Si. The van der Waals surface area contributed by atoms with Gasteiger partial charge in [0, 0.05) is 41.0 Å². The first-order chi connectivity index (χ1) is 24.8. The van der Waals surface area contributed by atoms with Gasteiger partial charge >= 0.3 is 0 Å². The van der Waals surface area contributed by atoms with Crippen molar-refractivity contribution in [2.45, 2.75) is 166 Å². The number of nitrogens with one attached hydrogen (secondary N) is 1. The number of allylic oxidation sites excluding steroid dienone is 2. The van der Waals surface area contributed by atoms with Crippen molar-refractivity contribution in [1.29, 1.82) is 0 Å². The summed E-state index contributed by atoms with van der Waals surface area (Å²) in [5.74, 6) is 0.117. The molecule has 4 fully saturated rings.